The van der Waals surface area contributed by atoms with Crippen molar-refractivity contribution >= 4 is 0 Å². The van der Waals surface area contributed by atoms with Gasteiger partial charge in [0.1, 0.15) is 18.3 Å². The molecule has 0 aromatic heterocycles. The van der Waals surface area contributed by atoms with Crippen LogP contribution in [0.3, 0.4) is 0 Å². The Labute approximate surface area is 59.1 Å². The molecule has 1 rings (SSSR count). The van der Waals surface area contributed by atoms with Gasteiger partial charge in [0, 0.05) is 0 Å². The molecule has 0 amide bonds. The summed E-state index contributed by atoms with van der Waals surface area (Å²) in [4.78, 5) is 0. The number of aliphatic hydroxyl groups is 3. The Kier molecular flexibility index (Phi) is 2.25. The van der Waals surface area contributed by atoms with Crippen molar-refractivity contribution in [3.63, 3.8) is 0 Å². The third kappa shape index (κ3) is 1.15. The molecule has 1 saturated heterocycles. The highest BCUT2D eigenvalue weighted by atomic mass is 16.5. The summed E-state index contributed by atoms with van der Waals surface area (Å²) < 4.78 is 4.98. The zero-order valence-corrected chi connectivity index (χ0v) is 5.77. The smallest absolute Gasteiger partial charge is 0.111 e. The van der Waals surface area contributed by atoms with E-state index >= 15 is 0 Å². The zero-order chi connectivity index (χ0) is 7.72. The maximum atomic E-state index is 9.09. The fourth-order valence-electron chi connectivity index (χ4n) is 1.09. The van der Waals surface area contributed by atoms with Crippen molar-refractivity contribution in [3.8, 4) is 0 Å². The van der Waals surface area contributed by atoms with Crippen LogP contribution in [0.25, 0.3) is 0 Å². The van der Waals surface area contributed by atoms with Crippen molar-refractivity contribution < 1.29 is 20.1 Å². The van der Waals surface area contributed by atoms with Gasteiger partial charge in [-0.2, -0.15) is 0 Å². The number of hydrogen-bond donors (Lipinski definition) is 3. The summed E-state index contributed by atoms with van der Waals surface area (Å²) in [5.74, 6) is 0. The maximum Gasteiger partial charge on any atom is 0.111 e. The molecular formula is C6H12O4. The van der Waals surface area contributed by atoms with Gasteiger partial charge < -0.3 is 20.1 Å². The van der Waals surface area contributed by atoms with Crippen LogP contribution in [0.4, 0.5) is 0 Å². The lowest BCUT2D eigenvalue weighted by atomic mass is 10.1. The van der Waals surface area contributed by atoms with Gasteiger partial charge in [0.05, 0.1) is 12.7 Å². The van der Waals surface area contributed by atoms with E-state index in [1.807, 2.05) is 0 Å². The van der Waals surface area contributed by atoms with E-state index in [4.69, 9.17) is 20.1 Å². The van der Waals surface area contributed by atoms with Gasteiger partial charge >= 0.3 is 0 Å². The fourth-order valence-corrected chi connectivity index (χ4v) is 1.09. The second-order valence-electron chi connectivity index (χ2n) is 2.54. The Hall–Kier alpha value is -0.160. The van der Waals surface area contributed by atoms with Crippen molar-refractivity contribution in [2.75, 3.05) is 6.61 Å². The predicted octanol–water partition coefficient (Wildman–Crippen LogP) is -1.51. The summed E-state index contributed by atoms with van der Waals surface area (Å²) in [7, 11) is 0. The molecule has 0 aliphatic carbocycles. The van der Waals surface area contributed by atoms with E-state index in [1.165, 1.54) is 0 Å². The van der Waals surface area contributed by atoms with Gasteiger partial charge in [-0.3, -0.25) is 0 Å². The SMILES string of the molecule is C[C@@H]1O[C@H](CO)C(O)[C@@H]1O. The van der Waals surface area contributed by atoms with Gasteiger partial charge in [-0.15, -0.1) is 0 Å². The van der Waals surface area contributed by atoms with E-state index in [-0.39, 0.29) is 12.7 Å². The summed E-state index contributed by atoms with van der Waals surface area (Å²) in [6.07, 6.45) is -2.81. The van der Waals surface area contributed by atoms with Crippen LogP contribution in [0, 0.1) is 0 Å². The van der Waals surface area contributed by atoms with Gasteiger partial charge in [-0.25, -0.2) is 0 Å². The Balaban J connectivity index is 2.53. The molecule has 4 atom stereocenters. The highest BCUT2D eigenvalue weighted by Gasteiger charge is 2.39. The minimum atomic E-state index is -0.944. The molecule has 0 aromatic carbocycles. The minimum Gasteiger partial charge on any atom is -0.394 e. The standard InChI is InChI=1S/C6H12O4/c1-3-5(8)6(9)4(2-7)10-3/h3-9H,2H2,1H3/t3-,4+,5+,6?/m0/s1. The van der Waals surface area contributed by atoms with Crippen LogP contribution in [0.1, 0.15) is 6.92 Å². The Morgan fingerprint density at radius 1 is 1.30 bits per heavy atom. The average molecular weight is 148 g/mol. The highest BCUT2D eigenvalue weighted by molar-refractivity contribution is 4.87. The molecule has 1 fully saturated rings. The van der Waals surface area contributed by atoms with Crippen molar-refractivity contribution in [2.24, 2.45) is 0 Å². The molecule has 10 heavy (non-hydrogen) atoms. The first-order valence-electron chi connectivity index (χ1n) is 3.29. The van der Waals surface area contributed by atoms with Crippen LogP contribution < -0.4 is 0 Å². The van der Waals surface area contributed by atoms with Crippen LogP contribution in [0.2, 0.25) is 0 Å². The van der Waals surface area contributed by atoms with E-state index in [0.717, 1.165) is 0 Å². The number of hydrogen-bond acceptors (Lipinski definition) is 4. The van der Waals surface area contributed by atoms with Crippen molar-refractivity contribution in [3.05, 3.63) is 0 Å². The van der Waals surface area contributed by atoms with Gasteiger partial charge in [-0.1, -0.05) is 0 Å². The largest absolute Gasteiger partial charge is 0.394 e. The second-order valence-corrected chi connectivity index (χ2v) is 2.54. The second kappa shape index (κ2) is 2.84. The van der Waals surface area contributed by atoms with Crippen LogP contribution in [-0.4, -0.2) is 46.3 Å². The van der Waals surface area contributed by atoms with Crippen molar-refractivity contribution in [1.82, 2.24) is 0 Å². The van der Waals surface area contributed by atoms with Crippen LogP contribution in [0.15, 0.2) is 0 Å². The Bertz CT molecular complexity index is 116. The molecule has 1 heterocycles. The van der Waals surface area contributed by atoms with E-state index in [1.54, 1.807) is 6.92 Å². The van der Waals surface area contributed by atoms with Crippen LogP contribution in [0.5, 0.6) is 0 Å². The highest BCUT2D eigenvalue weighted by Crippen LogP contribution is 2.19. The minimum absolute atomic E-state index is 0.247. The van der Waals surface area contributed by atoms with E-state index in [2.05, 4.69) is 0 Å². The van der Waals surface area contributed by atoms with E-state index in [0.29, 0.717) is 0 Å². The average Bonchev–Trinajstić information content (AvgIpc) is 2.17. The number of aliphatic hydroxyl groups excluding tert-OH is 3. The lowest BCUT2D eigenvalue weighted by molar-refractivity contribution is -0.0171. The predicted molar refractivity (Wildman–Crippen MR) is 33.4 cm³/mol. The molecule has 4 nitrogen and oxygen atoms in total. The quantitative estimate of drug-likeness (QED) is 0.422. The lowest BCUT2D eigenvalue weighted by Crippen LogP contribution is -2.33. The first kappa shape index (κ1) is 7.94. The van der Waals surface area contributed by atoms with Crippen LogP contribution in [-0.2, 0) is 4.74 Å². The van der Waals surface area contributed by atoms with Gasteiger partial charge in [0.2, 0.25) is 0 Å². The maximum absolute atomic E-state index is 9.09. The molecule has 0 bridgehead atoms. The summed E-state index contributed by atoms with van der Waals surface area (Å²) in [5.41, 5.74) is 0. The topological polar surface area (TPSA) is 69.9 Å². The van der Waals surface area contributed by atoms with Crippen molar-refractivity contribution in [2.45, 2.75) is 31.3 Å². The Morgan fingerprint density at radius 2 is 1.90 bits per heavy atom. The number of ether oxygens (including phenoxy) is 1. The van der Waals surface area contributed by atoms with Gasteiger partial charge in [0.25, 0.3) is 0 Å². The molecule has 1 aliphatic rings. The molecule has 0 spiro atoms. The first-order valence-corrected chi connectivity index (χ1v) is 3.29. The monoisotopic (exact) mass is 148 g/mol. The molecule has 1 aliphatic heterocycles. The normalized spacial score (nSPS) is 48.0. The molecule has 4 heteroatoms. The molecule has 0 saturated carbocycles. The van der Waals surface area contributed by atoms with Crippen molar-refractivity contribution in [1.29, 1.82) is 0 Å². The molecule has 60 valence electrons. The first-order chi connectivity index (χ1) is 4.66. The third-order valence-corrected chi connectivity index (χ3v) is 1.78. The summed E-state index contributed by atoms with van der Waals surface area (Å²) in [6, 6.07) is 0. The molecule has 1 unspecified atom stereocenters. The van der Waals surface area contributed by atoms with Gasteiger partial charge in [-0.05, 0) is 6.92 Å². The Morgan fingerprint density at radius 3 is 2.10 bits per heavy atom. The van der Waals surface area contributed by atoms with E-state index in [9.17, 15) is 0 Å². The number of rotatable bonds is 1. The summed E-state index contributed by atoms with van der Waals surface area (Å²) in [5, 5.41) is 26.8. The summed E-state index contributed by atoms with van der Waals surface area (Å²) in [6.45, 7) is 1.41. The van der Waals surface area contributed by atoms with Crippen LogP contribution >= 0.6 is 0 Å². The third-order valence-electron chi connectivity index (χ3n) is 1.78. The molecule has 3 N–H and O–H groups in total. The summed E-state index contributed by atoms with van der Waals surface area (Å²) >= 11 is 0. The molecule has 0 aromatic rings. The fraction of sp³-hybridized carbons (Fsp3) is 1.00. The van der Waals surface area contributed by atoms with E-state index < -0.39 is 18.3 Å². The lowest BCUT2D eigenvalue weighted by Gasteiger charge is -2.10. The molecule has 0 radical (unpaired) electrons. The molecular weight excluding hydrogens is 136 g/mol. The zero-order valence-electron chi connectivity index (χ0n) is 5.77. The van der Waals surface area contributed by atoms with Gasteiger partial charge in [0.15, 0.2) is 0 Å².